The second kappa shape index (κ2) is 8.05. The van der Waals surface area contributed by atoms with Gasteiger partial charge < -0.3 is 10.1 Å². The maximum absolute atomic E-state index is 5.87. The molecule has 0 aliphatic carbocycles. The lowest BCUT2D eigenvalue weighted by molar-refractivity contribution is 0.226. The van der Waals surface area contributed by atoms with Crippen molar-refractivity contribution in [3.05, 3.63) is 65.7 Å². The van der Waals surface area contributed by atoms with Gasteiger partial charge in [0.15, 0.2) is 0 Å². The molecule has 0 saturated carbocycles. The van der Waals surface area contributed by atoms with E-state index in [1.54, 1.807) is 0 Å². The third-order valence-corrected chi connectivity index (χ3v) is 4.21. The van der Waals surface area contributed by atoms with Crippen molar-refractivity contribution in [3.63, 3.8) is 0 Å². The highest BCUT2D eigenvalue weighted by Gasteiger charge is 2.26. The van der Waals surface area contributed by atoms with Gasteiger partial charge in [-0.1, -0.05) is 63.2 Å². The van der Waals surface area contributed by atoms with Gasteiger partial charge in [-0.25, -0.2) is 0 Å². The average Bonchev–Trinajstić information content (AvgIpc) is 2.51. The van der Waals surface area contributed by atoms with Crippen LogP contribution in [0.2, 0.25) is 0 Å². The van der Waals surface area contributed by atoms with Crippen LogP contribution in [0.15, 0.2) is 54.6 Å². The van der Waals surface area contributed by atoms with E-state index in [0.29, 0.717) is 18.1 Å². The number of benzene rings is 2. The van der Waals surface area contributed by atoms with Crippen molar-refractivity contribution in [3.8, 4) is 5.75 Å². The lowest BCUT2D eigenvalue weighted by atomic mass is 9.81. The molecule has 136 valence electrons. The number of hydrogen-bond acceptors (Lipinski definition) is 2. The minimum absolute atomic E-state index is 0.0974. The molecule has 2 nitrogen and oxygen atoms in total. The van der Waals surface area contributed by atoms with Gasteiger partial charge >= 0.3 is 0 Å². The van der Waals surface area contributed by atoms with Gasteiger partial charge in [0.1, 0.15) is 12.4 Å². The Hall–Kier alpha value is -1.80. The van der Waals surface area contributed by atoms with Crippen molar-refractivity contribution >= 4 is 0 Å². The van der Waals surface area contributed by atoms with Crippen molar-refractivity contribution in [1.29, 1.82) is 0 Å². The van der Waals surface area contributed by atoms with Crippen LogP contribution in [-0.4, -0.2) is 5.54 Å². The standard InChI is InChI=1S/C23H33NO/c1-18(24-23(5,6)17-22(2,3)4)20-12-14-21(15-13-20)25-16-19-10-8-7-9-11-19/h7-15,18,24H,16-17H2,1-6H3. The first-order valence-electron chi connectivity index (χ1n) is 9.19. The van der Waals surface area contributed by atoms with E-state index in [-0.39, 0.29) is 5.54 Å². The van der Waals surface area contributed by atoms with Gasteiger partial charge in [0.25, 0.3) is 0 Å². The minimum Gasteiger partial charge on any atom is -0.489 e. The molecule has 1 atom stereocenters. The topological polar surface area (TPSA) is 21.3 Å². The van der Waals surface area contributed by atoms with Gasteiger partial charge in [-0.15, -0.1) is 0 Å². The summed E-state index contributed by atoms with van der Waals surface area (Å²) in [5.74, 6) is 0.911. The Morgan fingerprint density at radius 1 is 0.880 bits per heavy atom. The van der Waals surface area contributed by atoms with Gasteiger partial charge in [-0.3, -0.25) is 0 Å². The monoisotopic (exact) mass is 339 g/mol. The third-order valence-electron chi connectivity index (χ3n) is 4.21. The number of rotatable bonds is 7. The fourth-order valence-corrected chi connectivity index (χ4v) is 3.64. The zero-order valence-electron chi connectivity index (χ0n) is 16.6. The quantitative estimate of drug-likeness (QED) is 0.655. The maximum Gasteiger partial charge on any atom is 0.119 e. The number of ether oxygens (including phenoxy) is 1. The highest BCUT2D eigenvalue weighted by atomic mass is 16.5. The summed E-state index contributed by atoms with van der Waals surface area (Å²) in [4.78, 5) is 0. The van der Waals surface area contributed by atoms with Gasteiger partial charge in [-0.05, 0) is 55.9 Å². The Balaban J connectivity index is 1.92. The summed E-state index contributed by atoms with van der Waals surface area (Å²) >= 11 is 0. The summed E-state index contributed by atoms with van der Waals surface area (Å²) in [6.45, 7) is 14.3. The van der Waals surface area contributed by atoms with E-state index in [1.807, 2.05) is 18.2 Å². The van der Waals surface area contributed by atoms with Crippen LogP contribution in [0.25, 0.3) is 0 Å². The molecule has 0 radical (unpaired) electrons. The molecule has 0 bridgehead atoms. The molecule has 0 amide bonds. The van der Waals surface area contributed by atoms with E-state index in [4.69, 9.17) is 4.74 Å². The Bertz CT molecular complexity index is 638. The van der Waals surface area contributed by atoms with Gasteiger partial charge in [-0.2, -0.15) is 0 Å². The normalized spacial score (nSPS) is 13.5. The maximum atomic E-state index is 5.87. The molecular weight excluding hydrogens is 306 g/mol. The van der Waals surface area contributed by atoms with E-state index in [1.165, 1.54) is 11.1 Å². The SMILES string of the molecule is CC(NC(C)(C)CC(C)(C)C)c1ccc(OCc2ccccc2)cc1. The number of hydrogen-bond donors (Lipinski definition) is 1. The van der Waals surface area contributed by atoms with Crippen LogP contribution in [0.4, 0.5) is 0 Å². The summed E-state index contributed by atoms with van der Waals surface area (Å²) in [5, 5.41) is 3.77. The molecule has 0 saturated heterocycles. The molecule has 2 rings (SSSR count). The molecule has 0 aliphatic rings. The smallest absolute Gasteiger partial charge is 0.119 e. The highest BCUT2D eigenvalue weighted by Crippen LogP contribution is 2.29. The third kappa shape index (κ3) is 6.91. The first kappa shape index (κ1) is 19.5. The fourth-order valence-electron chi connectivity index (χ4n) is 3.64. The van der Waals surface area contributed by atoms with Crippen LogP contribution in [-0.2, 0) is 6.61 Å². The highest BCUT2D eigenvalue weighted by molar-refractivity contribution is 5.29. The lowest BCUT2D eigenvalue weighted by Crippen LogP contribution is -2.43. The summed E-state index contributed by atoms with van der Waals surface area (Å²) in [5.41, 5.74) is 2.88. The van der Waals surface area contributed by atoms with Crippen molar-refractivity contribution in [2.45, 2.75) is 66.2 Å². The predicted molar refractivity (Wildman–Crippen MR) is 107 cm³/mol. The van der Waals surface area contributed by atoms with Crippen molar-refractivity contribution in [2.24, 2.45) is 5.41 Å². The summed E-state index contributed by atoms with van der Waals surface area (Å²) in [6.07, 6.45) is 1.13. The van der Waals surface area contributed by atoms with Crippen LogP contribution >= 0.6 is 0 Å². The largest absolute Gasteiger partial charge is 0.489 e. The summed E-state index contributed by atoms with van der Waals surface area (Å²) < 4.78 is 5.87. The molecule has 1 unspecified atom stereocenters. The van der Waals surface area contributed by atoms with Gasteiger partial charge in [0.2, 0.25) is 0 Å². The van der Waals surface area contributed by atoms with E-state index in [9.17, 15) is 0 Å². The van der Waals surface area contributed by atoms with E-state index < -0.39 is 0 Å². The molecule has 0 aromatic heterocycles. The van der Waals surface area contributed by atoms with Crippen molar-refractivity contribution < 1.29 is 4.74 Å². The molecule has 25 heavy (non-hydrogen) atoms. The zero-order valence-corrected chi connectivity index (χ0v) is 16.6. The fraction of sp³-hybridized carbons (Fsp3) is 0.478. The second-order valence-electron chi connectivity index (χ2n) is 8.83. The van der Waals surface area contributed by atoms with Crippen LogP contribution in [0.3, 0.4) is 0 Å². The van der Waals surface area contributed by atoms with Crippen molar-refractivity contribution in [2.75, 3.05) is 0 Å². The van der Waals surface area contributed by atoms with Gasteiger partial charge in [0.05, 0.1) is 0 Å². The zero-order chi connectivity index (χ0) is 18.5. The summed E-state index contributed by atoms with van der Waals surface area (Å²) in [7, 11) is 0. The van der Waals surface area contributed by atoms with Crippen LogP contribution in [0.1, 0.15) is 65.1 Å². The van der Waals surface area contributed by atoms with Gasteiger partial charge in [0, 0.05) is 11.6 Å². The van der Waals surface area contributed by atoms with Crippen LogP contribution in [0.5, 0.6) is 5.75 Å². The van der Waals surface area contributed by atoms with E-state index in [2.05, 4.69) is 83.3 Å². The Morgan fingerprint density at radius 3 is 2.04 bits per heavy atom. The average molecular weight is 340 g/mol. The molecule has 0 spiro atoms. The molecule has 0 fully saturated rings. The Labute approximate surface area is 153 Å². The van der Waals surface area contributed by atoms with E-state index in [0.717, 1.165) is 12.2 Å². The molecular formula is C23H33NO. The Kier molecular flexibility index (Phi) is 6.29. The molecule has 0 heterocycles. The molecule has 0 aliphatic heterocycles. The van der Waals surface area contributed by atoms with E-state index >= 15 is 0 Å². The lowest BCUT2D eigenvalue weighted by Gasteiger charge is -2.36. The number of nitrogens with one attached hydrogen (secondary N) is 1. The van der Waals surface area contributed by atoms with Crippen molar-refractivity contribution in [1.82, 2.24) is 5.32 Å². The molecule has 2 aromatic rings. The first-order chi connectivity index (χ1) is 11.6. The van der Waals surface area contributed by atoms with Crippen LogP contribution in [0, 0.1) is 5.41 Å². The molecule has 1 N–H and O–H groups in total. The minimum atomic E-state index is 0.0974. The summed E-state index contributed by atoms with van der Waals surface area (Å²) in [6, 6.07) is 19.0. The first-order valence-corrected chi connectivity index (χ1v) is 9.19. The Morgan fingerprint density at radius 2 is 1.48 bits per heavy atom. The van der Waals surface area contributed by atoms with Crippen LogP contribution < -0.4 is 10.1 Å². The second-order valence-corrected chi connectivity index (χ2v) is 8.83. The molecule has 2 heteroatoms. The molecule has 2 aromatic carbocycles. The predicted octanol–water partition coefficient (Wildman–Crippen LogP) is 6.13.